The van der Waals surface area contributed by atoms with Gasteiger partial charge in [-0.05, 0) is 19.4 Å². The van der Waals surface area contributed by atoms with Crippen molar-refractivity contribution >= 4 is 0 Å². The number of hydrogen-bond donors (Lipinski definition) is 1. The van der Waals surface area contributed by atoms with Crippen molar-refractivity contribution in [1.29, 1.82) is 0 Å². The first-order chi connectivity index (χ1) is 5.85. The van der Waals surface area contributed by atoms with E-state index in [1.807, 2.05) is 6.08 Å². The quantitative estimate of drug-likeness (QED) is 0.445. The van der Waals surface area contributed by atoms with Gasteiger partial charge in [0.2, 0.25) is 0 Å². The van der Waals surface area contributed by atoms with Gasteiger partial charge in [0, 0.05) is 13.2 Å². The summed E-state index contributed by atoms with van der Waals surface area (Å²) in [5.74, 6) is 0. The molecular weight excluding hydrogens is 150 g/mol. The molecular formula is C10H21NO. The maximum Gasteiger partial charge on any atom is 0.0615 e. The molecule has 0 aromatic carbocycles. The molecule has 0 saturated carbocycles. The van der Waals surface area contributed by atoms with Gasteiger partial charge >= 0.3 is 0 Å². The highest BCUT2D eigenvalue weighted by Crippen LogP contribution is 1.96. The van der Waals surface area contributed by atoms with Gasteiger partial charge in [0.1, 0.15) is 0 Å². The van der Waals surface area contributed by atoms with Crippen molar-refractivity contribution in [1.82, 2.24) is 5.32 Å². The average molecular weight is 171 g/mol. The first-order valence-electron chi connectivity index (χ1n) is 4.68. The van der Waals surface area contributed by atoms with E-state index in [-0.39, 0.29) is 0 Å². The lowest BCUT2D eigenvalue weighted by Gasteiger charge is -2.16. The summed E-state index contributed by atoms with van der Waals surface area (Å²) in [7, 11) is 1.75. The van der Waals surface area contributed by atoms with Crippen molar-refractivity contribution in [3.63, 3.8) is 0 Å². The maximum absolute atomic E-state index is 5.10. The highest BCUT2D eigenvalue weighted by atomic mass is 16.5. The Kier molecular flexibility index (Phi) is 8.51. The number of ether oxygens (including phenoxy) is 1. The summed E-state index contributed by atoms with van der Waals surface area (Å²) in [6, 6.07) is 0.514. The first-order valence-corrected chi connectivity index (χ1v) is 4.68. The minimum absolute atomic E-state index is 0.514. The van der Waals surface area contributed by atoms with Crippen molar-refractivity contribution in [2.75, 3.05) is 20.3 Å². The van der Waals surface area contributed by atoms with E-state index in [1.165, 1.54) is 12.8 Å². The van der Waals surface area contributed by atoms with Crippen LogP contribution >= 0.6 is 0 Å². The fourth-order valence-corrected chi connectivity index (χ4v) is 1.18. The zero-order valence-electron chi connectivity index (χ0n) is 8.31. The normalized spacial score (nSPS) is 12.8. The van der Waals surface area contributed by atoms with Gasteiger partial charge < -0.3 is 10.1 Å². The summed E-state index contributed by atoms with van der Waals surface area (Å²) in [5.41, 5.74) is 0. The summed E-state index contributed by atoms with van der Waals surface area (Å²) in [4.78, 5) is 0. The van der Waals surface area contributed by atoms with E-state index in [0.717, 1.165) is 19.6 Å². The number of methoxy groups -OCH3 is 1. The predicted octanol–water partition coefficient (Wildman–Crippen LogP) is 1.97. The van der Waals surface area contributed by atoms with Crippen LogP contribution in [0.15, 0.2) is 12.7 Å². The topological polar surface area (TPSA) is 21.3 Å². The van der Waals surface area contributed by atoms with Gasteiger partial charge in [0.05, 0.1) is 6.61 Å². The van der Waals surface area contributed by atoms with Crippen molar-refractivity contribution in [3.05, 3.63) is 12.7 Å². The standard InChI is InChI=1S/C10H21NO/c1-4-6-8-11-10(7-5-2)9-12-3/h4,10-11H,1,5-9H2,2-3H3. The van der Waals surface area contributed by atoms with Crippen LogP contribution in [0.1, 0.15) is 26.2 Å². The van der Waals surface area contributed by atoms with Crippen LogP contribution in [0.2, 0.25) is 0 Å². The molecule has 0 radical (unpaired) electrons. The molecule has 0 rings (SSSR count). The molecule has 0 aliphatic carbocycles. The zero-order chi connectivity index (χ0) is 9.23. The van der Waals surface area contributed by atoms with Gasteiger partial charge in [-0.3, -0.25) is 0 Å². The van der Waals surface area contributed by atoms with E-state index < -0.39 is 0 Å². The van der Waals surface area contributed by atoms with Gasteiger partial charge in [-0.1, -0.05) is 19.4 Å². The van der Waals surface area contributed by atoms with Crippen LogP contribution in [0.5, 0.6) is 0 Å². The van der Waals surface area contributed by atoms with Gasteiger partial charge in [0.25, 0.3) is 0 Å². The molecule has 0 fully saturated rings. The number of nitrogens with one attached hydrogen (secondary N) is 1. The second kappa shape index (κ2) is 8.75. The molecule has 0 saturated heterocycles. The molecule has 0 aliphatic rings. The van der Waals surface area contributed by atoms with E-state index >= 15 is 0 Å². The lowest BCUT2D eigenvalue weighted by molar-refractivity contribution is 0.162. The SMILES string of the molecule is C=CCCNC(CCC)COC. The second-order valence-electron chi connectivity index (χ2n) is 2.97. The molecule has 0 bridgehead atoms. The molecule has 1 atom stereocenters. The van der Waals surface area contributed by atoms with Crippen molar-refractivity contribution < 1.29 is 4.74 Å². The molecule has 1 unspecified atom stereocenters. The van der Waals surface area contributed by atoms with Crippen LogP contribution in [0, 0.1) is 0 Å². The molecule has 12 heavy (non-hydrogen) atoms. The summed E-state index contributed by atoms with van der Waals surface area (Å²) in [5, 5.41) is 3.43. The highest BCUT2D eigenvalue weighted by Gasteiger charge is 2.04. The lowest BCUT2D eigenvalue weighted by atomic mass is 10.2. The van der Waals surface area contributed by atoms with E-state index in [4.69, 9.17) is 4.74 Å². The molecule has 0 aromatic heterocycles. The van der Waals surface area contributed by atoms with Gasteiger partial charge in [0.15, 0.2) is 0 Å². The number of rotatable bonds is 8. The first kappa shape index (κ1) is 11.7. The Bertz CT molecular complexity index is 98.0. The third-order valence-electron chi connectivity index (χ3n) is 1.79. The Morgan fingerprint density at radius 2 is 2.33 bits per heavy atom. The van der Waals surface area contributed by atoms with Crippen LogP contribution in [-0.2, 0) is 4.74 Å². The smallest absolute Gasteiger partial charge is 0.0615 e. The molecule has 2 nitrogen and oxygen atoms in total. The fraction of sp³-hybridized carbons (Fsp3) is 0.800. The van der Waals surface area contributed by atoms with Gasteiger partial charge in [-0.2, -0.15) is 0 Å². The van der Waals surface area contributed by atoms with E-state index in [9.17, 15) is 0 Å². The summed E-state index contributed by atoms with van der Waals surface area (Å²) in [6.45, 7) is 7.69. The van der Waals surface area contributed by atoms with E-state index in [0.29, 0.717) is 6.04 Å². The highest BCUT2D eigenvalue weighted by molar-refractivity contribution is 4.71. The second-order valence-corrected chi connectivity index (χ2v) is 2.97. The van der Waals surface area contributed by atoms with Gasteiger partial charge in [-0.25, -0.2) is 0 Å². The fourth-order valence-electron chi connectivity index (χ4n) is 1.18. The molecule has 72 valence electrons. The maximum atomic E-state index is 5.10. The van der Waals surface area contributed by atoms with Crippen LogP contribution in [0.3, 0.4) is 0 Å². The third-order valence-corrected chi connectivity index (χ3v) is 1.79. The molecule has 0 aromatic rings. The Morgan fingerprint density at radius 3 is 2.83 bits per heavy atom. The van der Waals surface area contributed by atoms with Crippen LogP contribution < -0.4 is 5.32 Å². The third kappa shape index (κ3) is 6.38. The van der Waals surface area contributed by atoms with Crippen molar-refractivity contribution in [2.24, 2.45) is 0 Å². The molecule has 1 N–H and O–H groups in total. The minimum atomic E-state index is 0.514. The van der Waals surface area contributed by atoms with Crippen molar-refractivity contribution in [2.45, 2.75) is 32.2 Å². The summed E-state index contributed by atoms with van der Waals surface area (Å²) < 4.78 is 5.10. The monoisotopic (exact) mass is 171 g/mol. The Balaban J connectivity index is 3.40. The molecule has 0 amide bonds. The average Bonchev–Trinajstić information content (AvgIpc) is 2.06. The Labute approximate surface area is 76.0 Å². The van der Waals surface area contributed by atoms with Crippen LogP contribution in [0.4, 0.5) is 0 Å². The van der Waals surface area contributed by atoms with E-state index in [1.54, 1.807) is 7.11 Å². The largest absolute Gasteiger partial charge is 0.383 e. The predicted molar refractivity (Wildman–Crippen MR) is 53.4 cm³/mol. The van der Waals surface area contributed by atoms with Gasteiger partial charge in [-0.15, -0.1) is 6.58 Å². The lowest BCUT2D eigenvalue weighted by Crippen LogP contribution is -2.33. The van der Waals surface area contributed by atoms with E-state index in [2.05, 4.69) is 18.8 Å². The van der Waals surface area contributed by atoms with Crippen LogP contribution in [0.25, 0.3) is 0 Å². The molecule has 0 spiro atoms. The Hall–Kier alpha value is -0.340. The molecule has 0 heterocycles. The summed E-state index contributed by atoms with van der Waals surface area (Å²) in [6.07, 6.45) is 5.35. The molecule has 0 aliphatic heterocycles. The molecule has 2 heteroatoms. The van der Waals surface area contributed by atoms with Crippen LogP contribution in [-0.4, -0.2) is 26.3 Å². The minimum Gasteiger partial charge on any atom is -0.383 e. The summed E-state index contributed by atoms with van der Waals surface area (Å²) >= 11 is 0. The Morgan fingerprint density at radius 1 is 1.58 bits per heavy atom. The van der Waals surface area contributed by atoms with Crippen molar-refractivity contribution in [3.8, 4) is 0 Å². The zero-order valence-corrected chi connectivity index (χ0v) is 8.31. The number of hydrogen-bond acceptors (Lipinski definition) is 2.